The van der Waals surface area contributed by atoms with Gasteiger partial charge in [0, 0.05) is 12.1 Å². The number of benzene rings is 2. The largest absolute Gasteiger partial charge is 0.494 e. The summed E-state index contributed by atoms with van der Waals surface area (Å²) in [6, 6.07) is 16.0. The van der Waals surface area contributed by atoms with Gasteiger partial charge in [0.15, 0.2) is 4.80 Å². The van der Waals surface area contributed by atoms with E-state index < -0.39 is 16.9 Å². The van der Waals surface area contributed by atoms with Crippen molar-refractivity contribution in [1.29, 1.82) is 0 Å². The summed E-state index contributed by atoms with van der Waals surface area (Å²) in [5, 5.41) is 11.5. The molecule has 5 rings (SSSR count). The van der Waals surface area contributed by atoms with Crippen LogP contribution in [0.2, 0.25) is 0 Å². The van der Waals surface area contributed by atoms with E-state index in [2.05, 4.69) is 4.99 Å². The molecule has 0 saturated heterocycles. The van der Waals surface area contributed by atoms with Gasteiger partial charge in [-0.15, -0.1) is 0 Å². The molecule has 1 aliphatic rings. The number of thiazole rings is 1. The van der Waals surface area contributed by atoms with Gasteiger partial charge in [0.1, 0.15) is 17.3 Å². The van der Waals surface area contributed by atoms with Crippen LogP contribution >= 0.6 is 11.3 Å². The molecule has 0 amide bonds. The van der Waals surface area contributed by atoms with Gasteiger partial charge in [0.25, 0.3) is 11.2 Å². The highest BCUT2D eigenvalue weighted by Gasteiger charge is 2.34. The lowest BCUT2D eigenvalue weighted by molar-refractivity contribution is -0.384. The average molecular weight is 574 g/mol. The van der Waals surface area contributed by atoms with E-state index >= 15 is 0 Å². The molecule has 0 N–H and O–H groups in total. The number of ether oxygens (including phenoxy) is 2. The Kier molecular flexibility index (Phi) is 7.71. The number of allylic oxidation sites excluding steroid dienone is 1. The van der Waals surface area contributed by atoms with Crippen LogP contribution in [0.5, 0.6) is 5.75 Å². The summed E-state index contributed by atoms with van der Waals surface area (Å²) in [7, 11) is 0. The topological polar surface area (TPSA) is 126 Å². The third kappa shape index (κ3) is 5.48. The van der Waals surface area contributed by atoms with Gasteiger partial charge >= 0.3 is 5.97 Å². The van der Waals surface area contributed by atoms with Crippen LogP contribution in [0, 0.1) is 10.1 Å². The molecule has 0 saturated carbocycles. The monoisotopic (exact) mass is 573 g/mol. The number of hydrogen-bond acceptors (Lipinski definition) is 9. The molecule has 2 aromatic carbocycles. The number of esters is 1. The van der Waals surface area contributed by atoms with Crippen molar-refractivity contribution in [3.8, 4) is 17.1 Å². The first-order valence-corrected chi connectivity index (χ1v) is 13.8. The molecular formula is C30H27N3O7S. The smallest absolute Gasteiger partial charge is 0.338 e. The fraction of sp³-hybridized carbons (Fsp3) is 0.233. The van der Waals surface area contributed by atoms with Crippen molar-refractivity contribution >= 4 is 29.1 Å². The van der Waals surface area contributed by atoms with Crippen LogP contribution in [0.1, 0.15) is 45.1 Å². The third-order valence-electron chi connectivity index (χ3n) is 6.36. The van der Waals surface area contributed by atoms with Crippen LogP contribution in [0.15, 0.2) is 86.1 Å². The van der Waals surface area contributed by atoms with E-state index in [1.807, 2.05) is 19.1 Å². The number of rotatable bonds is 8. The van der Waals surface area contributed by atoms with Crippen LogP contribution in [-0.4, -0.2) is 28.2 Å². The van der Waals surface area contributed by atoms with Crippen LogP contribution < -0.4 is 19.6 Å². The van der Waals surface area contributed by atoms with Gasteiger partial charge in [-0.1, -0.05) is 35.6 Å². The quantitative estimate of drug-likeness (QED) is 0.169. The first-order chi connectivity index (χ1) is 19.7. The van der Waals surface area contributed by atoms with Crippen molar-refractivity contribution in [2.45, 2.75) is 39.8 Å². The molecule has 4 aromatic rings. The van der Waals surface area contributed by atoms with Gasteiger partial charge in [-0.3, -0.25) is 19.5 Å². The zero-order valence-corrected chi connectivity index (χ0v) is 23.6. The normalized spacial score (nSPS) is 15.0. The van der Waals surface area contributed by atoms with Crippen LogP contribution in [0.3, 0.4) is 0 Å². The fourth-order valence-electron chi connectivity index (χ4n) is 4.63. The molecule has 210 valence electrons. The number of aromatic nitrogens is 1. The summed E-state index contributed by atoms with van der Waals surface area (Å²) in [4.78, 5) is 43.1. The Hall–Kier alpha value is -4.77. The zero-order chi connectivity index (χ0) is 29.3. The first kappa shape index (κ1) is 27.8. The second-order valence-electron chi connectivity index (χ2n) is 9.51. The minimum Gasteiger partial charge on any atom is -0.494 e. The standard InChI is InChI=1S/C30H27N3O7S/c1-5-38-20-12-10-19(11-13-20)27-26(29(35)39-17(2)3)18(4)31-30-32(27)28(34)25(41-30)16-21-14-15-24(40-21)22-8-6-7-9-23(22)33(36)37/h6-17,27H,5H2,1-4H3/b25-16+/t27-/m1/s1. The number of nitro benzene ring substituents is 1. The summed E-state index contributed by atoms with van der Waals surface area (Å²) in [5.41, 5.74) is 1.32. The average Bonchev–Trinajstić information content (AvgIpc) is 3.52. The number of para-hydroxylation sites is 1. The number of hydrogen-bond donors (Lipinski definition) is 0. The molecule has 0 bridgehead atoms. The first-order valence-electron chi connectivity index (χ1n) is 13.0. The summed E-state index contributed by atoms with van der Waals surface area (Å²) in [5.74, 6) is 0.770. The lowest BCUT2D eigenvalue weighted by Gasteiger charge is -2.25. The molecule has 0 aliphatic carbocycles. The minimum atomic E-state index is -0.769. The predicted octanol–water partition coefficient (Wildman–Crippen LogP) is 4.75. The lowest BCUT2D eigenvalue weighted by Crippen LogP contribution is -2.40. The molecule has 2 aromatic heterocycles. The Bertz CT molecular complexity index is 1850. The molecular weight excluding hydrogens is 546 g/mol. The molecule has 0 radical (unpaired) electrons. The highest BCUT2D eigenvalue weighted by Crippen LogP contribution is 2.33. The van der Waals surface area contributed by atoms with Crippen molar-refractivity contribution in [3.63, 3.8) is 0 Å². The summed E-state index contributed by atoms with van der Waals surface area (Å²) in [6.07, 6.45) is 1.21. The highest BCUT2D eigenvalue weighted by molar-refractivity contribution is 7.07. The third-order valence-corrected chi connectivity index (χ3v) is 7.34. The van der Waals surface area contributed by atoms with E-state index in [4.69, 9.17) is 13.9 Å². The molecule has 0 unspecified atom stereocenters. The number of carbonyl (C=O) groups is 1. The number of nitro groups is 1. The van der Waals surface area contributed by atoms with E-state index in [1.165, 1.54) is 10.6 Å². The molecule has 0 spiro atoms. The fourth-order valence-corrected chi connectivity index (χ4v) is 5.66. The van der Waals surface area contributed by atoms with Crippen molar-refractivity contribution in [3.05, 3.63) is 113 Å². The SMILES string of the molecule is CCOc1ccc([C@@H]2C(C(=O)OC(C)C)=C(C)N=c3s/c(=C/c4ccc(-c5ccccc5[N+](=O)[O-])o4)c(=O)n32)cc1. The van der Waals surface area contributed by atoms with Crippen molar-refractivity contribution in [2.75, 3.05) is 6.61 Å². The number of fused-ring (bicyclic) bond motifs is 1. The molecule has 1 aliphatic heterocycles. The Balaban J connectivity index is 1.62. The Labute approximate surface area is 238 Å². The maximum atomic E-state index is 13.8. The van der Waals surface area contributed by atoms with Gasteiger partial charge in [0.2, 0.25) is 0 Å². The van der Waals surface area contributed by atoms with E-state index in [0.29, 0.717) is 50.0 Å². The summed E-state index contributed by atoms with van der Waals surface area (Å²) in [6.45, 7) is 7.64. The Morgan fingerprint density at radius 1 is 1.17 bits per heavy atom. The Morgan fingerprint density at radius 2 is 1.90 bits per heavy atom. The van der Waals surface area contributed by atoms with Crippen LogP contribution in [-0.2, 0) is 9.53 Å². The second kappa shape index (κ2) is 11.4. The second-order valence-corrected chi connectivity index (χ2v) is 10.5. The lowest BCUT2D eigenvalue weighted by atomic mass is 9.96. The van der Waals surface area contributed by atoms with E-state index in [9.17, 15) is 19.7 Å². The number of carbonyl (C=O) groups excluding carboxylic acids is 1. The number of nitrogens with zero attached hydrogens (tertiary/aromatic N) is 3. The molecule has 1 atom stereocenters. The maximum absolute atomic E-state index is 13.8. The summed E-state index contributed by atoms with van der Waals surface area (Å²) >= 11 is 1.16. The molecule has 41 heavy (non-hydrogen) atoms. The zero-order valence-electron chi connectivity index (χ0n) is 22.8. The Morgan fingerprint density at radius 3 is 2.59 bits per heavy atom. The van der Waals surface area contributed by atoms with Gasteiger partial charge < -0.3 is 13.9 Å². The van der Waals surface area contributed by atoms with E-state index in [1.54, 1.807) is 69.3 Å². The van der Waals surface area contributed by atoms with Gasteiger partial charge in [-0.25, -0.2) is 9.79 Å². The van der Waals surface area contributed by atoms with Gasteiger partial charge in [-0.05, 0) is 63.6 Å². The summed E-state index contributed by atoms with van der Waals surface area (Å²) < 4.78 is 18.8. The number of furan rings is 1. The van der Waals surface area contributed by atoms with Crippen molar-refractivity contribution < 1.29 is 23.6 Å². The minimum absolute atomic E-state index is 0.0839. The van der Waals surface area contributed by atoms with Crippen LogP contribution in [0.4, 0.5) is 5.69 Å². The molecule has 10 nitrogen and oxygen atoms in total. The van der Waals surface area contributed by atoms with E-state index in [-0.39, 0.29) is 22.9 Å². The molecule has 0 fully saturated rings. The van der Waals surface area contributed by atoms with Crippen molar-refractivity contribution in [1.82, 2.24) is 4.57 Å². The van der Waals surface area contributed by atoms with Crippen molar-refractivity contribution in [2.24, 2.45) is 4.99 Å². The van der Waals surface area contributed by atoms with Crippen LogP contribution in [0.25, 0.3) is 17.4 Å². The van der Waals surface area contributed by atoms with Gasteiger partial charge in [-0.2, -0.15) is 0 Å². The highest BCUT2D eigenvalue weighted by atomic mass is 32.1. The molecule has 3 heterocycles. The predicted molar refractivity (Wildman–Crippen MR) is 153 cm³/mol. The van der Waals surface area contributed by atoms with Gasteiger partial charge in [0.05, 0.1) is 45.0 Å². The van der Waals surface area contributed by atoms with E-state index in [0.717, 1.165) is 11.3 Å². The maximum Gasteiger partial charge on any atom is 0.338 e. The molecule has 11 heteroatoms.